The van der Waals surface area contributed by atoms with E-state index in [1.807, 2.05) is 4.90 Å². The molecule has 5 rings (SSSR count). The summed E-state index contributed by atoms with van der Waals surface area (Å²) in [5.41, 5.74) is 1.37. The summed E-state index contributed by atoms with van der Waals surface area (Å²) in [5.74, 6) is -1.28. The van der Waals surface area contributed by atoms with Crippen LogP contribution in [0.5, 0.6) is 0 Å². The maximum absolute atomic E-state index is 14.5. The quantitative estimate of drug-likeness (QED) is 0.410. The first-order chi connectivity index (χ1) is 17.6. The van der Waals surface area contributed by atoms with Gasteiger partial charge < -0.3 is 9.80 Å². The fraction of sp³-hybridized carbons (Fsp3) is 0.240. The minimum absolute atomic E-state index is 0.0518. The van der Waals surface area contributed by atoms with E-state index in [9.17, 15) is 22.0 Å². The van der Waals surface area contributed by atoms with Crippen LogP contribution < -0.4 is 14.5 Å². The standard InChI is InChI=1S/C25H24F2N6O3S/c1-31(2)24-8-6-18(14-28-24)37(35,36)30-25(34)20-15-29-33-11-9-17(13-23(20)33)32-10-3-4-22(32)19-12-16(26)5-7-21(19)27/h5-9,11-15,22H,3-4,10H2,1-2H3,(H,30,34)/t22-/m1/s1. The van der Waals surface area contributed by atoms with Gasteiger partial charge in [-0.3, -0.25) is 4.79 Å². The lowest BCUT2D eigenvalue weighted by Gasteiger charge is -2.27. The number of amides is 1. The highest BCUT2D eigenvalue weighted by Crippen LogP contribution is 2.38. The Kier molecular flexibility index (Phi) is 6.28. The van der Waals surface area contributed by atoms with Gasteiger partial charge in [0.1, 0.15) is 22.3 Å². The first-order valence-corrected chi connectivity index (χ1v) is 13.0. The Morgan fingerprint density at radius 3 is 2.65 bits per heavy atom. The minimum atomic E-state index is -4.18. The number of pyridine rings is 2. The van der Waals surface area contributed by atoms with E-state index in [2.05, 4.69) is 14.8 Å². The third-order valence-corrected chi connectivity index (χ3v) is 7.68. The molecule has 3 aromatic heterocycles. The van der Waals surface area contributed by atoms with E-state index in [0.717, 1.165) is 18.6 Å². The van der Waals surface area contributed by atoms with Gasteiger partial charge in [0.2, 0.25) is 0 Å². The molecule has 1 saturated heterocycles. The number of benzene rings is 1. The molecule has 4 heterocycles. The molecular formula is C25H24F2N6O3S. The Bertz CT molecular complexity index is 1590. The van der Waals surface area contributed by atoms with Crippen LogP contribution in [-0.4, -0.2) is 49.6 Å². The van der Waals surface area contributed by atoms with E-state index in [1.165, 1.54) is 35.1 Å². The SMILES string of the molecule is CN(C)c1ccc(S(=O)(=O)NC(=O)c2cnn3ccc(N4CCC[C@@H]4c4cc(F)ccc4F)cc23)cn1. The van der Waals surface area contributed by atoms with Crippen LogP contribution in [0.25, 0.3) is 5.52 Å². The van der Waals surface area contributed by atoms with E-state index in [4.69, 9.17) is 0 Å². The summed E-state index contributed by atoms with van der Waals surface area (Å²) in [6.07, 6.45) is 5.51. The molecule has 12 heteroatoms. The van der Waals surface area contributed by atoms with Crippen molar-refractivity contribution < 1.29 is 22.0 Å². The Balaban J connectivity index is 1.43. The van der Waals surface area contributed by atoms with E-state index in [-0.39, 0.29) is 22.1 Å². The van der Waals surface area contributed by atoms with Crippen LogP contribution in [0.2, 0.25) is 0 Å². The summed E-state index contributed by atoms with van der Waals surface area (Å²) < 4.78 is 57.5. The number of nitrogens with one attached hydrogen (secondary N) is 1. The molecule has 37 heavy (non-hydrogen) atoms. The Morgan fingerprint density at radius 1 is 1.11 bits per heavy atom. The second-order valence-electron chi connectivity index (χ2n) is 8.97. The largest absolute Gasteiger partial charge is 0.364 e. The van der Waals surface area contributed by atoms with Crippen molar-refractivity contribution in [3.8, 4) is 0 Å². The van der Waals surface area contributed by atoms with E-state index >= 15 is 0 Å². The highest BCUT2D eigenvalue weighted by Gasteiger charge is 2.30. The highest BCUT2D eigenvalue weighted by molar-refractivity contribution is 7.90. The highest BCUT2D eigenvalue weighted by atomic mass is 32.2. The molecule has 1 aromatic carbocycles. The van der Waals surface area contributed by atoms with Gasteiger partial charge in [0.05, 0.1) is 23.3 Å². The number of sulfonamides is 1. The van der Waals surface area contributed by atoms with Crippen LogP contribution in [0.3, 0.4) is 0 Å². The van der Waals surface area contributed by atoms with Gasteiger partial charge in [-0.15, -0.1) is 0 Å². The number of hydrogen-bond acceptors (Lipinski definition) is 7. The fourth-order valence-corrected chi connectivity index (χ4v) is 5.43. The molecule has 1 fully saturated rings. The number of hydrogen-bond donors (Lipinski definition) is 1. The summed E-state index contributed by atoms with van der Waals surface area (Å²) in [6.45, 7) is 0.608. The zero-order valence-corrected chi connectivity index (χ0v) is 20.9. The predicted octanol–water partition coefficient (Wildman–Crippen LogP) is 3.53. The topological polar surface area (TPSA) is 99.9 Å². The number of anilines is 2. The van der Waals surface area contributed by atoms with Crippen molar-refractivity contribution in [2.75, 3.05) is 30.4 Å². The van der Waals surface area contributed by atoms with Crippen molar-refractivity contribution >= 4 is 33.0 Å². The lowest BCUT2D eigenvalue weighted by molar-refractivity contribution is 0.0983. The molecule has 0 saturated carbocycles. The first-order valence-electron chi connectivity index (χ1n) is 11.5. The third kappa shape index (κ3) is 4.71. The molecule has 0 spiro atoms. The molecule has 1 atom stereocenters. The zero-order chi connectivity index (χ0) is 26.3. The molecule has 0 radical (unpaired) electrons. The normalized spacial score (nSPS) is 15.8. The van der Waals surface area contributed by atoms with Gasteiger partial charge in [-0.2, -0.15) is 5.10 Å². The molecule has 0 bridgehead atoms. The van der Waals surface area contributed by atoms with Crippen LogP contribution in [0, 0.1) is 11.6 Å². The van der Waals surface area contributed by atoms with Crippen molar-refractivity contribution in [1.82, 2.24) is 19.3 Å². The van der Waals surface area contributed by atoms with Gasteiger partial charge in [0, 0.05) is 44.3 Å². The molecule has 192 valence electrons. The summed E-state index contributed by atoms with van der Waals surface area (Å²) in [6, 6.07) is 9.40. The number of rotatable bonds is 6. The lowest BCUT2D eigenvalue weighted by Crippen LogP contribution is -2.30. The fourth-order valence-electron chi connectivity index (χ4n) is 4.52. The maximum atomic E-state index is 14.5. The van der Waals surface area contributed by atoms with Crippen LogP contribution in [0.1, 0.15) is 34.8 Å². The molecule has 1 amide bonds. The van der Waals surface area contributed by atoms with E-state index in [1.54, 1.807) is 37.3 Å². The number of carbonyl (C=O) groups excluding carboxylic acids is 1. The molecule has 1 aliphatic rings. The van der Waals surface area contributed by atoms with Crippen molar-refractivity contribution in [3.05, 3.63) is 83.8 Å². The average molecular weight is 527 g/mol. The summed E-state index contributed by atoms with van der Waals surface area (Å²) >= 11 is 0. The molecule has 1 N–H and O–H groups in total. The smallest absolute Gasteiger partial charge is 0.268 e. The van der Waals surface area contributed by atoms with Crippen LogP contribution in [0.15, 0.2) is 66.0 Å². The minimum Gasteiger partial charge on any atom is -0.364 e. The predicted molar refractivity (Wildman–Crippen MR) is 134 cm³/mol. The van der Waals surface area contributed by atoms with E-state index in [0.29, 0.717) is 30.0 Å². The Morgan fingerprint density at radius 2 is 1.92 bits per heavy atom. The molecule has 9 nitrogen and oxygen atoms in total. The van der Waals surface area contributed by atoms with Gasteiger partial charge in [-0.1, -0.05) is 0 Å². The van der Waals surface area contributed by atoms with Crippen LogP contribution in [-0.2, 0) is 10.0 Å². The number of fused-ring (bicyclic) bond motifs is 1. The van der Waals surface area contributed by atoms with Gasteiger partial charge in [-0.05, 0) is 55.3 Å². The number of halogens is 2. The molecule has 1 aliphatic heterocycles. The Hall–Kier alpha value is -4.06. The summed E-state index contributed by atoms with van der Waals surface area (Å²) in [7, 11) is -0.632. The summed E-state index contributed by atoms with van der Waals surface area (Å²) in [4.78, 5) is 20.6. The van der Waals surface area contributed by atoms with E-state index < -0.39 is 27.6 Å². The average Bonchev–Trinajstić information content (AvgIpc) is 3.52. The van der Waals surface area contributed by atoms with Crippen LogP contribution in [0.4, 0.5) is 20.3 Å². The van der Waals surface area contributed by atoms with Crippen molar-refractivity contribution in [2.24, 2.45) is 0 Å². The Labute approximate surface area is 212 Å². The zero-order valence-electron chi connectivity index (χ0n) is 20.1. The molecule has 0 aliphatic carbocycles. The molecule has 4 aromatic rings. The van der Waals surface area contributed by atoms with Gasteiger partial charge in [-0.25, -0.2) is 31.4 Å². The van der Waals surface area contributed by atoms with Gasteiger partial charge in [0.15, 0.2) is 0 Å². The van der Waals surface area contributed by atoms with Gasteiger partial charge >= 0.3 is 0 Å². The van der Waals surface area contributed by atoms with Crippen LogP contribution >= 0.6 is 0 Å². The second-order valence-corrected chi connectivity index (χ2v) is 10.7. The number of carbonyl (C=O) groups is 1. The second kappa shape index (κ2) is 9.43. The van der Waals surface area contributed by atoms with Crippen molar-refractivity contribution in [3.63, 3.8) is 0 Å². The third-order valence-electron chi connectivity index (χ3n) is 6.37. The maximum Gasteiger partial charge on any atom is 0.268 e. The molecular weight excluding hydrogens is 502 g/mol. The number of aromatic nitrogens is 3. The van der Waals surface area contributed by atoms with Crippen molar-refractivity contribution in [2.45, 2.75) is 23.8 Å². The monoisotopic (exact) mass is 526 g/mol. The lowest BCUT2D eigenvalue weighted by atomic mass is 10.0. The van der Waals surface area contributed by atoms with Crippen molar-refractivity contribution in [1.29, 1.82) is 0 Å². The first kappa shape index (κ1) is 24.6. The molecule has 0 unspecified atom stereocenters. The number of nitrogens with zero attached hydrogens (tertiary/aromatic N) is 5. The summed E-state index contributed by atoms with van der Waals surface area (Å²) in [5, 5.41) is 4.16. The van der Waals surface area contributed by atoms with Gasteiger partial charge in [0.25, 0.3) is 15.9 Å².